The van der Waals surface area contributed by atoms with Crippen LogP contribution in [0.5, 0.6) is 0 Å². The van der Waals surface area contributed by atoms with E-state index in [0.29, 0.717) is 29.7 Å². The smallest absolute Gasteiger partial charge is 0.410 e. The first-order chi connectivity index (χ1) is 17.0. The van der Waals surface area contributed by atoms with Gasteiger partial charge in [0.2, 0.25) is 5.91 Å². The topological polar surface area (TPSA) is 111 Å². The van der Waals surface area contributed by atoms with Crippen molar-refractivity contribution < 1.29 is 18.7 Å². The number of amides is 2. The molecule has 1 N–H and O–H groups in total. The second-order valence-electron chi connectivity index (χ2n) is 10.8. The molecule has 9 nitrogen and oxygen atoms in total. The quantitative estimate of drug-likeness (QED) is 0.689. The maximum Gasteiger partial charge on any atom is 0.410 e. The maximum atomic E-state index is 15.5. The number of anilines is 1. The number of rotatable bonds is 4. The van der Waals surface area contributed by atoms with Crippen LogP contribution in [0.25, 0.3) is 11.0 Å². The van der Waals surface area contributed by atoms with E-state index in [2.05, 4.69) is 26.3 Å². The van der Waals surface area contributed by atoms with E-state index in [0.717, 1.165) is 5.69 Å². The van der Waals surface area contributed by atoms with E-state index in [1.54, 1.807) is 39.2 Å². The van der Waals surface area contributed by atoms with Crippen molar-refractivity contribution in [3.63, 3.8) is 0 Å². The monoisotopic (exact) mass is 496 g/mol. The van der Waals surface area contributed by atoms with E-state index in [1.165, 1.54) is 4.90 Å². The van der Waals surface area contributed by atoms with Crippen LogP contribution in [0.2, 0.25) is 0 Å². The van der Waals surface area contributed by atoms with Gasteiger partial charge >= 0.3 is 6.09 Å². The number of aromatic nitrogens is 2. The summed E-state index contributed by atoms with van der Waals surface area (Å²) >= 11 is 0. The molecule has 2 aliphatic rings. The standard InChI is InChI=1S/C26H33FN6O3/c1-17-15-33(20-6-5-18(14-28)22-23(20)30-10-9-29-22)16-19(17)31-21(34)13-26(27)7-11-32(12-8-26)24(35)36-25(2,3)4/h5-6,9-10,17,19H,7-8,11-13,15-16H2,1-4H3,(H,31,34)/t17-,19+/m1/s1. The predicted molar refractivity (Wildman–Crippen MR) is 133 cm³/mol. The van der Waals surface area contributed by atoms with Crippen LogP contribution in [0.1, 0.15) is 52.5 Å². The second-order valence-corrected chi connectivity index (χ2v) is 10.8. The van der Waals surface area contributed by atoms with E-state index >= 15 is 4.39 Å². The summed E-state index contributed by atoms with van der Waals surface area (Å²) in [5, 5.41) is 12.4. The molecule has 0 radical (unpaired) electrons. The van der Waals surface area contributed by atoms with Crippen LogP contribution in [0.4, 0.5) is 14.9 Å². The molecule has 2 fully saturated rings. The molecule has 0 unspecified atom stereocenters. The number of carbonyl (C=O) groups excluding carboxylic acids is 2. The molecule has 0 spiro atoms. The second kappa shape index (κ2) is 9.88. The molecule has 192 valence electrons. The molecule has 36 heavy (non-hydrogen) atoms. The van der Waals surface area contributed by atoms with Crippen LogP contribution in [0, 0.1) is 17.2 Å². The van der Waals surface area contributed by atoms with Gasteiger partial charge in [-0.1, -0.05) is 6.92 Å². The number of alkyl halides is 1. The van der Waals surface area contributed by atoms with Crippen molar-refractivity contribution in [1.29, 1.82) is 5.26 Å². The van der Waals surface area contributed by atoms with Gasteiger partial charge in [-0.3, -0.25) is 14.8 Å². The number of nitrogens with one attached hydrogen (secondary N) is 1. The lowest BCUT2D eigenvalue weighted by Crippen LogP contribution is -2.49. The Hall–Kier alpha value is -3.48. The van der Waals surface area contributed by atoms with Crippen molar-refractivity contribution in [2.24, 2.45) is 5.92 Å². The molecule has 10 heteroatoms. The Morgan fingerprint density at radius 2 is 1.86 bits per heavy atom. The van der Waals surface area contributed by atoms with Gasteiger partial charge in [-0.15, -0.1) is 0 Å². The average molecular weight is 497 g/mol. The third-order valence-corrected chi connectivity index (χ3v) is 6.81. The first kappa shape index (κ1) is 25.6. The fraction of sp³-hybridized carbons (Fsp3) is 0.577. The van der Waals surface area contributed by atoms with Crippen molar-refractivity contribution in [2.75, 3.05) is 31.1 Å². The molecule has 2 aromatic rings. The van der Waals surface area contributed by atoms with Crippen LogP contribution in [0.15, 0.2) is 24.5 Å². The summed E-state index contributed by atoms with van der Waals surface area (Å²) in [5.74, 6) is -0.188. The van der Waals surface area contributed by atoms with E-state index in [4.69, 9.17) is 4.74 Å². The largest absolute Gasteiger partial charge is 0.444 e. The summed E-state index contributed by atoms with van der Waals surface area (Å²) in [5.41, 5.74) is 0.263. The fourth-order valence-corrected chi connectivity index (χ4v) is 4.88. The summed E-state index contributed by atoms with van der Waals surface area (Å²) in [4.78, 5) is 37.5. The van der Waals surface area contributed by atoms with Crippen molar-refractivity contribution in [1.82, 2.24) is 20.2 Å². The third-order valence-electron chi connectivity index (χ3n) is 6.81. The van der Waals surface area contributed by atoms with E-state index in [-0.39, 0.29) is 50.2 Å². The highest BCUT2D eigenvalue weighted by Gasteiger charge is 2.40. The van der Waals surface area contributed by atoms with Crippen LogP contribution in [0.3, 0.4) is 0 Å². The Labute approximate surface area is 210 Å². The van der Waals surface area contributed by atoms with E-state index < -0.39 is 17.4 Å². The van der Waals surface area contributed by atoms with Crippen LogP contribution in [-0.4, -0.2) is 70.4 Å². The molecular formula is C26H33FN6O3. The molecule has 1 aromatic heterocycles. The number of carbonyl (C=O) groups is 2. The number of fused-ring (bicyclic) bond motifs is 1. The van der Waals surface area contributed by atoms with Gasteiger partial charge in [0.1, 0.15) is 28.4 Å². The van der Waals surface area contributed by atoms with Gasteiger partial charge in [0, 0.05) is 38.6 Å². The SMILES string of the molecule is C[C@@H]1CN(c2ccc(C#N)c3nccnc23)C[C@@H]1NC(=O)CC1(F)CCN(C(=O)OC(C)(C)C)CC1. The van der Waals surface area contributed by atoms with Gasteiger partial charge in [-0.2, -0.15) is 5.26 Å². The first-order valence-corrected chi connectivity index (χ1v) is 12.3. The lowest BCUT2D eigenvalue weighted by molar-refractivity contribution is -0.125. The molecular weight excluding hydrogens is 463 g/mol. The average Bonchev–Trinajstić information content (AvgIpc) is 3.16. The Kier molecular flexibility index (Phi) is 7.03. The number of benzene rings is 1. The minimum absolute atomic E-state index is 0.0991. The Morgan fingerprint density at radius 3 is 2.50 bits per heavy atom. The van der Waals surface area contributed by atoms with Crippen LogP contribution in [-0.2, 0) is 9.53 Å². The summed E-state index contributed by atoms with van der Waals surface area (Å²) in [6, 6.07) is 5.60. The predicted octanol–water partition coefficient (Wildman–Crippen LogP) is 3.57. The van der Waals surface area contributed by atoms with Gasteiger partial charge < -0.3 is 19.9 Å². The summed E-state index contributed by atoms with van der Waals surface area (Å²) in [7, 11) is 0. The summed E-state index contributed by atoms with van der Waals surface area (Å²) < 4.78 is 20.8. The number of nitrogens with zero attached hydrogens (tertiary/aromatic N) is 5. The van der Waals surface area contributed by atoms with Gasteiger partial charge in [0.05, 0.1) is 23.7 Å². The highest BCUT2D eigenvalue weighted by Crippen LogP contribution is 2.33. The molecule has 3 heterocycles. The third kappa shape index (κ3) is 5.66. The molecule has 1 aromatic carbocycles. The number of halogens is 1. The number of hydrogen-bond donors (Lipinski definition) is 1. The van der Waals surface area contributed by atoms with Crippen LogP contribution < -0.4 is 10.2 Å². The Morgan fingerprint density at radius 1 is 1.19 bits per heavy atom. The summed E-state index contributed by atoms with van der Waals surface area (Å²) in [6.45, 7) is 9.11. The van der Waals surface area contributed by atoms with Gasteiger partial charge in [-0.05, 0) is 51.7 Å². The zero-order valence-corrected chi connectivity index (χ0v) is 21.3. The van der Waals surface area contributed by atoms with Gasteiger partial charge in [0.15, 0.2) is 0 Å². The molecule has 4 rings (SSSR count). The molecule has 2 aliphatic heterocycles. The van der Waals surface area contributed by atoms with E-state index in [9.17, 15) is 14.9 Å². The number of likely N-dealkylation sites (tertiary alicyclic amines) is 1. The molecule has 2 amide bonds. The zero-order valence-electron chi connectivity index (χ0n) is 21.3. The molecule has 2 atom stereocenters. The lowest BCUT2D eigenvalue weighted by atomic mass is 9.89. The Balaban J connectivity index is 1.35. The zero-order chi connectivity index (χ0) is 26.1. The normalized spacial score (nSPS) is 21.8. The Bertz CT molecular complexity index is 1180. The number of piperidine rings is 1. The summed E-state index contributed by atoms with van der Waals surface area (Å²) in [6.07, 6.45) is 2.68. The van der Waals surface area contributed by atoms with Gasteiger partial charge in [-0.25, -0.2) is 9.18 Å². The van der Waals surface area contributed by atoms with E-state index in [1.807, 2.05) is 13.0 Å². The van der Waals surface area contributed by atoms with Crippen molar-refractivity contribution in [3.8, 4) is 6.07 Å². The van der Waals surface area contributed by atoms with Crippen molar-refractivity contribution in [3.05, 3.63) is 30.1 Å². The highest BCUT2D eigenvalue weighted by molar-refractivity contribution is 5.92. The van der Waals surface area contributed by atoms with Crippen molar-refractivity contribution >= 4 is 28.7 Å². The molecule has 2 saturated heterocycles. The number of hydrogen-bond acceptors (Lipinski definition) is 7. The number of nitriles is 1. The highest BCUT2D eigenvalue weighted by atomic mass is 19.1. The minimum Gasteiger partial charge on any atom is -0.444 e. The number of ether oxygens (including phenoxy) is 1. The molecule has 0 saturated carbocycles. The van der Waals surface area contributed by atoms with Crippen molar-refractivity contribution in [2.45, 2.75) is 64.3 Å². The lowest BCUT2D eigenvalue weighted by Gasteiger charge is -2.37. The van der Waals surface area contributed by atoms with Gasteiger partial charge in [0.25, 0.3) is 0 Å². The fourth-order valence-electron chi connectivity index (χ4n) is 4.88. The molecule has 0 bridgehead atoms. The first-order valence-electron chi connectivity index (χ1n) is 12.3. The maximum absolute atomic E-state index is 15.5. The van der Waals surface area contributed by atoms with Crippen LogP contribution >= 0.6 is 0 Å². The minimum atomic E-state index is -1.65. The molecule has 0 aliphatic carbocycles.